The number of phenolic OH excluding ortho intramolecular Hbond substituents is 1. The van der Waals surface area contributed by atoms with Gasteiger partial charge in [-0.1, -0.05) is 24.3 Å². The van der Waals surface area contributed by atoms with Crippen molar-refractivity contribution in [3.8, 4) is 23.0 Å². The van der Waals surface area contributed by atoms with E-state index in [1.54, 1.807) is 19.2 Å². The zero-order valence-electron chi connectivity index (χ0n) is 20.6. The Morgan fingerprint density at radius 1 is 0.914 bits per heavy atom. The quantitative estimate of drug-likeness (QED) is 0.437. The molecule has 3 aromatic carbocycles. The van der Waals surface area contributed by atoms with Crippen molar-refractivity contribution in [3.05, 3.63) is 82.4 Å². The van der Waals surface area contributed by atoms with Crippen molar-refractivity contribution in [2.24, 2.45) is 0 Å². The second kappa shape index (κ2) is 9.97. The van der Waals surface area contributed by atoms with Crippen molar-refractivity contribution in [3.63, 3.8) is 0 Å². The fourth-order valence-electron chi connectivity index (χ4n) is 4.35. The lowest BCUT2D eigenvalue weighted by Crippen LogP contribution is -2.12. The molecule has 0 heterocycles. The zero-order chi connectivity index (χ0) is 25.1. The van der Waals surface area contributed by atoms with E-state index >= 15 is 0 Å². The number of amides is 1. The standard InChI is InChI=1S/C29H29NO5/c1-17-8-6-7-9-25(17)30-28(31)16-23-18(2)22(21-11-10-20(33-3)15-24(21)23)12-19-13-26(34-4)29(32)27(14-19)35-5/h6-15,32H,16H2,1-5H3,(H,30,31)/b22-12-. The van der Waals surface area contributed by atoms with E-state index in [0.717, 1.165) is 50.4 Å². The monoisotopic (exact) mass is 471 g/mol. The topological polar surface area (TPSA) is 77.0 Å². The molecule has 0 saturated carbocycles. The van der Waals surface area contributed by atoms with Crippen molar-refractivity contribution < 1.29 is 24.1 Å². The van der Waals surface area contributed by atoms with E-state index in [2.05, 4.69) is 5.32 Å². The third kappa shape index (κ3) is 4.73. The van der Waals surface area contributed by atoms with Crippen molar-refractivity contribution in [1.29, 1.82) is 0 Å². The zero-order valence-corrected chi connectivity index (χ0v) is 20.6. The fourth-order valence-corrected chi connectivity index (χ4v) is 4.35. The maximum Gasteiger partial charge on any atom is 0.228 e. The van der Waals surface area contributed by atoms with Crippen LogP contribution in [0.3, 0.4) is 0 Å². The number of benzene rings is 3. The van der Waals surface area contributed by atoms with E-state index in [1.807, 2.05) is 62.4 Å². The highest BCUT2D eigenvalue weighted by Gasteiger charge is 2.26. The van der Waals surface area contributed by atoms with Crippen LogP contribution in [0.15, 0.2) is 60.2 Å². The van der Waals surface area contributed by atoms with Crippen LogP contribution >= 0.6 is 0 Å². The van der Waals surface area contributed by atoms with Crippen molar-refractivity contribution >= 4 is 28.8 Å². The van der Waals surface area contributed by atoms with Gasteiger partial charge in [0.1, 0.15) is 5.75 Å². The molecule has 2 N–H and O–H groups in total. The second-order valence-corrected chi connectivity index (χ2v) is 8.39. The van der Waals surface area contributed by atoms with Crippen molar-refractivity contribution in [2.45, 2.75) is 20.3 Å². The lowest BCUT2D eigenvalue weighted by molar-refractivity contribution is -0.115. The largest absolute Gasteiger partial charge is 0.502 e. The predicted molar refractivity (Wildman–Crippen MR) is 139 cm³/mol. The third-order valence-electron chi connectivity index (χ3n) is 6.27. The third-order valence-corrected chi connectivity index (χ3v) is 6.27. The smallest absolute Gasteiger partial charge is 0.228 e. The van der Waals surface area contributed by atoms with Gasteiger partial charge in [0.25, 0.3) is 0 Å². The molecule has 1 amide bonds. The number of carbonyl (C=O) groups is 1. The van der Waals surface area contributed by atoms with E-state index in [1.165, 1.54) is 14.2 Å². The number of carbonyl (C=O) groups excluding carboxylic acids is 1. The van der Waals surface area contributed by atoms with Gasteiger partial charge in [0, 0.05) is 5.69 Å². The number of aryl methyl sites for hydroxylation is 1. The molecule has 1 aliphatic carbocycles. The number of aromatic hydroxyl groups is 1. The molecule has 0 spiro atoms. The van der Waals surface area contributed by atoms with E-state index in [9.17, 15) is 9.90 Å². The molecule has 0 radical (unpaired) electrons. The summed E-state index contributed by atoms with van der Waals surface area (Å²) in [6.07, 6.45) is 2.23. The number of methoxy groups -OCH3 is 3. The van der Waals surface area contributed by atoms with E-state index < -0.39 is 0 Å². The Hall–Kier alpha value is -4.19. The Morgan fingerprint density at radius 2 is 1.60 bits per heavy atom. The molecule has 0 unspecified atom stereocenters. The van der Waals surface area contributed by atoms with Gasteiger partial charge in [-0.15, -0.1) is 0 Å². The summed E-state index contributed by atoms with van der Waals surface area (Å²) in [6.45, 7) is 3.99. The van der Waals surface area contributed by atoms with Crippen molar-refractivity contribution in [1.82, 2.24) is 0 Å². The van der Waals surface area contributed by atoms with E-state index in [4.69, 9.17) is 14.2 Å². The van der Waals surface area contributed by atoms with Crippen LogP contribution in [0, 0.1) is 6.92 Å². The molecular formula is C29H29NO5. The first-order valence-electron chi connectivity index (χ1n) is 11.3. The molecule has 6 nitrogen and oxygen atoms in total. The summed E-state index contributed by atoms with van der Waals surface area (Å²) >= 11 is 0. The minimum absolute atomic E-state index is 0.0467. The van der Waals surface area contributed by atoms with Crippen LogP contribution in [0.4, 0.5) is 5.69 Å². The number of ether oxygens (including phenoxy) is 3. The first kappa shape index (κ1) is 24.0. The number of rotatable bonds is 7. The van der Waals surface area contributed by atoms with Crippen LogP contribution in [0.2, 0.25) is 0 Å². The van der Waals surface area contributed by atoms with Gasteiger partial charge in [-0.3, -0.25) is 4.79 Å². The molecule has 4 rings (SSSR count). The fraction of sp³-hybridized carbons (Fsp3) is 0.207. The van der Waals surface area contributed by atoms with Gasteiger partial charge in [0.2, 0.25) is 11.7 Å². The van der Waals surface area contributed by atoms with Gasteiger partial charge >= 0.3 is 0 Å². The van der Waals surface area contributed by atoms with Crippen LogP contribution in [0.1, 0.15) is 35.6 Å². The summed E-state index contributed by atoms with van der Waals surface area (Å²) < 4.78 is 16.1. The minimum atomic E-state index is -0.0864. The Morgan fingerprint density at radius 3 is 2.23 bits per heavy atom. The SMILES string of the molecule is COc1ccc2c(c1)C(CC(=O)Nc1ccccc1C)=C(C)/C2=C/c1cc(OC)c(O)c(OC)c1. The number of phenols is 1. The van der Waals surface area contributed by atoms with Crippen LogP contribution in [0.25, 0.3) is 17.2 Å². The maximum atomic E-state index is 13.0. The molecule has 6 heteroatoms. The predicted octanol–water partition coefficient (Wildman–Crippen LogP) is 6.08. The average molecular weight is 472 g/mol. The molecule has 0 bridgehead atoms. The van der Waals surface area contributed by atoms with E-state index in [-0.39, 0.29) is 18.1 Å². The lowest BCUT2D eigenvalue weighted by atomic mass is 10.00. The first-order valence-corrected chi connectivity index (χ1v) is 11.3. The van der Waals surface area contributed by atoms with Gasteiger partial charge in [-0.05, 0) is 89.2 Å². The molecule has 0 atom stereocenters. The molecule has 0 aliphatic heterocycles. The van der Waals surface area contributed by atoms with Crippen LogP contribution in [-0.2, 0) is 4.79 Å². The number of para-hydroxylation sites is 1. The summed E-state index contributed by atoms with van der Waals surface area (Å²) in [5, 5.41) is 13.3. The van der Waals surface area contributed by atoms with Gasteiger partial charge in [0.05, 0.1) is 27.8 Å². The summed E-state index contributed by atoms with van der Waals surface area (Å²) in [5.41, 5.74) is 7.51. The summed E-state index contributed by atoms with van der Waals surface area (Å²) in [4.78, 5) is 13.0. The molecular weight excluding hydrogens is 442 g/mol. The highest BCUT2D eigenvalue weighted by molar-refractivity contribution is 6.10. The van der Waals surface area contributed by atoms with Crippen LogP contribution < -0.4 is 19.5 Å². The second-order valence-electron chi connectivity index (χ2n) is 8.39. The maximum absolute atomic E-state index is 13.0. The Labute approximate surface area is 205 Å². The van der Waals surface area contributed by atoms with Crippen molar-refractivity contribution in [2.75, 3.05) is 26.6 Å². The molecule has 0 fully saturated rings. The normalized spacial score (nSPS) is 13.6. The molecule has 180 valence electrons. The Bertz CT molecular complexity index is 1330. The highest BCUT2D eigenvalue weighted by atomic mass is 16.5. The number of allylic oxidation sites excluding steroid dienone is 2. The summed E-state index contributed by atoms with van der Waals surface area (Å²) in [5.74, 6) is 1.24. The number of nitrogens with one attached hydrogen (secondary N) is 1. The summed E-state index contributed by atoms with van der Waals surface area (Å²) in [7, 11) is 4.63. The Balaban J connectivity index is 1.76. The average Bonchev–Trinajstić information content (AvgIpc) is 3.11. The lowest BCUT2D eigenvalue weighted by Gasteiger charge is -2.11. The Kier molecular flexibility index (Phi) is 6.82. The highest BCUT2D eigenvalue weighted by Crippen LogP contribution is 2.46. The first-order chi connectivity index (χ1) is 16.9. The minimum Gasteiger partial charge on any atom is -0.502 e. The number of hydrogen-bond donors (Lipinski definition) is 2. The molecule has 0 aromatic heterocycles. The number of hydrogen-bond acceptors (Lipinski definition) is 5. The van der Waals surface area contributed by atoms with Gasteiger partial charge in [0.15, 0.2) is 11.5 Å². The molecule has 0 saturated heterocycles. The summed E-state index contributed by atoms with van der Waals surface area (Å²) in [6, 6.07) is 17.1. The number of fused-ring (bicyclic) bond motifs is 1. The number of anilines is 1. The molecule has 3 aromatic rings. The van der Waals surface area contributed by atoms with E-state index in [0.29, 0.717) is 11.5 Å². The molecule has 35 heavy (non-hydrogen) atoms. The van der Waals surface area contributed by atoms with Crippen LogP contribution in [-0.4, -0.2) is 32.3 Å². The molecule has 1 aliphatic rings. The van der Waals surface area contributed by atoms with Gasteiger partial charge in [-0.2, -0.15) is 0 Å². The van der Waals surface area contributed by atoms with Gasteiger partial charge < -0.3 is 24.6 Å². The van der Waals surface area contributed by atoms with Gasteiger partial charge in [-0.25, -0.2) is 0 Å². The van der Waals surface area contributed by atoms with Crippen LogP contribution in [0.5, 0.6) is 23.0 Å².